The van der Waals surface area contributed by atoms with E-state index in [1.165, 1.54) is 35.1 Å². The van der Waals surface area contributed by atoms with Crippen LogP contribution < -0.4 is 0 Å². The van der Waals surface area contributed by atoms with E-state index in [4.69, 9.17) is 0 Å². The van der Waals surface area contributed by atoms with E-state index in [0.717, 1.165) is 6.54 Å². The first-order valence-corrected chi connectivity index (χ1v) is 6.20. The molecule has 1 nitrogen and oxygen atoms in total. The van der Waals surface area contributed by atoms with Gasteiger partial charge in [-0.1, -0.05) is 49.7 Å². The van der Waals surface area contributed by atoms with Gasteiger partial charge in [0.15, 0.2) is 0 Å². The molecule has 1 heterocycles. The zero-order valence-corrected chi connectivity index (χ0v) is 8.64. The Morgan fingerprint density at radius 2 is 2.09 bits per heavy atom. The van der Waals surface area contributed by atoms with Crippen molar-refractivity contribution in [2.45, 2.75) is 32.6 Å². The summed E-state index contributed by atoms with van der Waals surface area (Å²) in [6.07, 6.45) is 5.31. The fourth-order valence-electron chi connectivity index (χ4n) is 0.912. The monoisotopic (exact) mass is 189 g/mol. The molecular formula is C8H15NS2. The lowest BCUT2D eigenvalue weighted by Gasteiger charge is -2.12. The first-order valence-electron chi connectivity index (χ1n) is 4.23. The molecule has 1 saturated heterocycles. The van der Waals surface area contributed by atoms with Gasteiger partial charge in [0, 0.05) is 6.54 Å². The molecule has 0 amide bonds. The third-order valence-electron chi connectivity index (χ3n) is 1.62. The Morgan fingerprint density at radius 1 is 1.27 bits per heavy atom. The van der Waals surface area contributed by atoms with Crippen LogP contribution in [0.5, 0.6) is 0 Å². The topological polar surface area (TPSA) is 12.4 Å². The summed E-state index contributed by atoms with van der Waals surface area (Å²) in [6.45, 7) is 3.29. The van der Waals surface area contributed by atoms with Crippen LogP contribution in [-0.2, 0) is 0 Å². The van der Waals surface area contributed by atoms with Crippen molar-refractivity contribution in [3.8, 4) is 0 Å². The van der Waals surface area contributed by atoms with Gasteiger partial charge in [0.2, 0.25) is 0 Å². The maximum atomic E-state index is 4.44. The van der Waals surface area contributed by atoms with Crippen LogP contribution in [0.3, 0.4) is 0 Å². The third kappa shape index (κ3) is 4.06. The highest BCUT2D eigenvalue weighted by Gasteiger charge is 2.10. The first kappa shape index (κ1) is 9.46. The molecule has 1 aliphatic heterocycles. The van der Waals surface area contributed by atoms with Crippen molar-refractivity contribution in [3.05, 3.63) is 0 Å². The van der Waals surface area contributed by atoms with Gasteiger partial charge in [-0.15, -0.1) is 0 Å². The molecule has 0 aliphatic carbocycles. The summed E-state index contributed by atoms with van der Waals surface area (Å²) in [4.78, 5) is 4.44. The van der Waals surface area contributed by atoms with Crippen LogP contribution in [0.15, 0.2) is 4.99 Å². The Labute approximate surface area is 77.4 Å². The molecule has 11 heavy (non-hydrogen) atoms. The van der Waals surface area contributed by atoms with Crippen molar-refractivity contribution in [2.24, 2.45) is 4.99 Å². The number of unbranched alkanes of at least 4 members (excludes halogenated alkanes) is 3. The number of rotatable bonds is 5. The number of nitrogens with zero attached hydrogens (tertiary/aromatic N) is 1. The number of thioether (sulfide) groups is 2. The summed E-state index contributed by atoms with van der Waals surface area (Å²) in [5, 5.41) is 1.22. The van der Waals surface area contributed by atoms with E-state index in [0.29, 0.717) is 0 Å². The van der Waals surface area contributed by atoms with Crippen molar-refractivity contribution >= 4 is 27.9 Å². The lowest BCUT2D eigenvalue weighted by molar-refractivity contribution is 0.676. The van der Waals surface area contributed by atoms with Gasteiger partial charge in [0.25, 0.3) is 0 Å². The van der Waals surface area contributed by atoms with Gasteiger partial charge in [-0.05, 0) is 6.42 Å². The lowest BCUT2D eigenvalue weighted by atomic mass is 10.2. The molecule has 3 heteroatoms. The highest BCUT2D eigenvalue weighted by molar-refractivity contribution is 8.52. The van der Waals surface area contributed by atoms with Crippen LogP contribution in [0.4, 0.5) is 0 Å². The molecule has 0 aromatic rings. The van der Waals surface area contributed by atoms with Crippen LogP contribution in [0.2, 0.25) is 0 Å². The Bertz CT molecular complexity index is 128. The second-order valence-electron chi connectivity index (χ2n) is 2.61. The summed E-state index contributed by atoms with van der Waals surface area (Å²) < 4.78 is 1.31. The SMILES string of the molecule is CCCCCCN=C1SCS1. The van der Waals surface area contributed by atoms with Gasteiger partial charge >= 0.3 is 0 Å². The molecular weight excluding hydrogens is 174 g/mol. The molecule has 0 spiro atoms. The Morgan fingerprint density at radius 3 is 2.64 bits per heavy atom. The highest BCUT2D eigenvalue weighted by atomic mass is 32.3. The summed E-state index contributed by atoms with van der Waals surface area (Å²) >= 11 is 3.76. The predicted octanol–water partition coefficient (Wildman–Crippen LogP) is 3.36. The molecule has 0 radical (unpaired) electrons. The fourth-order valence-corrected chi connectivity index (χ4v) is 2.17. The van der Waals surface area contributed by atoms with Crippen molar-refractivity contribution in [3.63, 3.8) is 0 Å². The molecule has 0 bridgehead atoms. The second-order valence-corrected chi connectivity index (χ2v) is 5.17. The standard InChI is InChI=1S/C8H15NS2/c1-2-3-4-5-6-9-8-10-7-11-8/h2-7H2,1H3. The summed E-state index contributed by atoms with van der Waals surface area (Å²) in [5.41, 5.74) is 0. The molecule has 0 aromatic heterocycles. The molecule has 0 atom stereocenters. The van der Waals surface area contributed by atoms with E-state index in [-0.39, 0.29) is 0 Å². The van der Waals surface area contributed by atoms with Crippen LogP contribution in [-0.4, -0.2) is 16.0 Å². The zero-order valence-electron chi connectivity index (χ0n) is 7.01. The van der Waals surface area contributed by atoms with E-state index in [1.807, 2.05) is 23.5 Å². The number of hydrogen-bond donors (Lipinski definition) is 0. The van der Waals surface area contributed by atoms with E-state index in [9.17, 15) is 0 Å². The quantitative estimate of drug-likeness (QED) is 0.615. The molecule has 0 N–H and O–H groups in total. The van der Waals surface area contributed by atoms with E-state index < -0.39 is 0 Å². The van der Waals surface area contributed by atoms with Crippen LogP contribution in [0, 0.1) is 0 Å². The summed E-state index contributed by atoms with van der Waals surface area (Å²) in [5.74, 6) is 0. The Balaban J connectivity index is 1.87. The highest BCUT2D eigenvalue weighted by Crippen LogP contribution is 2.32. The maximum absolute atomic E-state index is 4.44. The maximum Gasteiger partial charge on any atom is 0.126 e. The lowest BCUT2D eigenvalue weighted by Crippen LogP contribution is -1.99. The molecule has 0 saturated carbocycles. The van der Waals surface area contributed by atoms with Crippen LogP contribution >= 0.6 is 23.5 Å². The van der Waals surface area contributed by atoms with Gasteiger partial charge in [-0.25, -0.2) is 0 Å². The Kier molecular flexibility index (Phi) is 5.12. The van der Waals surface area contributed by atoms with Crippen LogP contribution in [0.25, 0.3) is 0 Å². The fraction of sp³-hybridized carbons (Fsp3) is 0.875. The molecule has 0 aromatic carbocycles. The third-order valence-corrected chi connectivity index (χ3v) is 4.02. The van der Waals surface area contributed by atoms with Crippen molar-refractivity contribution in [1.82, 2.24) is 0 Å². The van der Waals surface area contributed by atoms with Crippen LogP contribution in [0.1, 0.15) is 32.6 Å². The molecule has 1 fully saturated rings. The van der Waals surface area contributed by atoms with Crippen molar-refractivity contribution < 1.29 is 0 Å². The number of hydrogen-bond acceptors (Lipinski definition) is 3. The molecule has 64 valence electrons. The zero-order chi connectivity index (χ0) is 7.94. The summed E-state index contributed by atoms with van der Waals surface area (Å²) in [6, 6.07) is 0. The minimum atomic E-state index is 1.05. The second kappa shape index (κ2) is 5.95. The van der Waals surface area contributed by atoms with Crippen molar-refractivity contribution in [2.75, 3.05) is 11.6 Å². The van der Waals surface area contributed by atoms with E-state index in [1.54, 1.807) is 0 Å². The molecule has 1 rings (SSSR count). The van der Waals surface area contributed by atoms with Gasteiger partial charge in [0.05, 0.1) is 5.08 Å². The van der Waals surface area contributed by atoms with Gasteiger partial charge in [-0.2, -0.15) is 0 Å². The van der Waals surface area contributed by atoms with Gasteiger partial charge < -0.3 is 0 Å². The predicted molar refractivity (Wildman–Crippen MR) is 56.5 cm³/mol. The molecule has 1 aliphatic rings. The number of aliphatic imine (C=N–C) groups is 1. The van der Waals surface area contributed by atoms with Gasteiger partial charge in [-0.3, -0.25) is 4.99 Å². The average molecular weight is 189 g/mol. The van der Waals surface area contributed by atoms with E-state index >= 15 is 0 Å². The minimum absolute atomic E-state index is 1.05. The normalized spacial score (nSPS) is 16.3. The van der Waals surface area contributed by atoms with Crippen molar-refractivity contribution in [1.29, 1.82) is 0 Å². The first-order chi connectivity index (χ1) is 5.43. The summed E-state index contributed by atoms with van der Waals surface area (Å²) in [7, 11) is 0. The smallest absolute Gasteiger partial charge is 0.126 e. The van der Waals surface area contributed by atoms with E-state index in [2.05, 4.69) is 11.9 Å². The Hall–Kier alpha value is 0.370. The van der Waals surface area contributed by atoms with Gasteiger partial charge in [0.1, 0.15) is 4.38 Å². The molecule has 0 unspecified atom stereocenters. The average Bonchev–Trinajstić information content (AvgIpc) is 1.93. The largest absolute Gasteiger partial charge is 0.272 e. The minimum Gasteiger partial charge on any atom is -0.272 e.